The molecule has 0 saturated carbocycles. The van der Waals surface area contributed by atoms with E-state index in [1.807, 2.05) is 27.0 Å². The lowest BCUT2D eigenvalue weighted by molar-refractivity contribution is -0.144. The van der Waals surface area contributed by atoms with Gasteiger partial charge in [-0.2, -0.15) is 5.10 Å². The molecular formula is C9H16N2O2. The highest BCUT2D eigenvalue weighted by molar-refractivity contribution is 5.01. The lowest BCUT2D eigenvalue weighted by Crippen LogP contribution is -2.12. The molecule has 4 nitrogen and oxygen atoms in total. The maximum absolute atomic E-state index is 5.42. The second-order valence-corrected chi connectivity index (χ2v) is 2.62. The molecule has 0 saturated heterocycles. The van der Waals surface area contributed by atoms with Crippen LogP contribution >= 0.6 is 0 Å². The van der Waals surface area contributed by atoms with E-state index in [4.69, 9.17) is 9.47 Å². The number of ether oxygens (including phenoxy) is 2. The first-order chi connectivity index (χ1) is 6.29. The molecule has 4 heteroatoms. The fourth-order valence-electron chi connectivity index (χ4n) is 1.14. The van der Waals surface area contributed by atoms with Crippen molar-refractivity contribution in [2.24, 2.45) is 7.05 Å². The van der Waals surface area contributed by atoms with Crippen molar-refractivity contribution in [2.45, 2.75) is 20.1 Å². The van der Waals surface area contributed by atoms with Crippen LogP contribution in [0.4, 0.5) is 0 Å². The summed E-state index contributed by atoms with van der Waals surface area (Å²) >= 11 is 0. The van der Waals surface area contributed by atoms with E-state index in [2.05, 4.69) is 5.10 Å². The van der Waals surface area contributed by atoms with Gasteiger partial charge in [0.05, 0.1) is 5.69 Å². The van der Waals surface area contributed by atoms with Crippen molar-refractivity contribution in [3.8, 4) is 0 Å². The van der Waals surface area contributed by atoms with Gasteiger partial charge >= 0.3 is 0 Å². The Hall–Kier alpha value is -0.870. The zero-order chi connectivity index (χ0) is 9.68. The average molecular weight is 184 g/mol. The van der Waals surface area contributed by atoms with Gasteiger partial charge in [0.2, 0.25) is 6.29 Å². The number of hydrogen-bond donors (Lipinski definition) is 0. The highest BCUT2D eigenvalue weighted by atomic mass is 16.7. The van der Waals surface area contributed by atoms with Gasteiger partial charge in [-0.3, -0.25) is 4.68 Å². The van der Waals surface area contributed by atoms with Crippen LogP contribution in [0.5, 0.6) is 0 Å². The molecule has 0 aliphatic rings. The minimum absolute atomic E-state index is 0.289. The molecule has 0 bridgehead atoms. The lowest BCUT2D eigenvalue weighted by atomic mass is 10.4. The quantitative estimate of drug-likeness (QED) is 0.650. The molecule has 0 unspecified atom stereocenters. The van der Waals surface area contributed by atoms with Gasteiger partial charge in [0.15, 0.2) is 0 Å². The Morgan fingerprint density at radius 2 is 2.00 bits per heavy atom. The molecule has 1 aromatic heterocycles. The number of hydrogen-bond acceptors (Lipinski definition) is 3. The molecule has 1 rings (SSSR count). The number of rotatable bonds is 5. The molecule has 1 heterocycles. The molecule has 0 N–H and O–H groups in total. The summed E-state index contributed by atoms with van der Waals surface area (Å²) in [5.41, 5.74) is 0.948. The third-order valence-corrected chi connectivity index (χ3v) is 1.74. The summed E-state index contributed by atoms with van der Waals surface area (Å²) in [7, 11) is 1.88. The summed E-state index contributed by atoms with van der Waals surface area (Å²) in [6.07, 6.45) is 1.45. The maximum Gasteiger partial charge on any atom is 0.200 e. The Balaban J connectivity index is 2.69. The van der Waals surface area contributed by atoms with Crippen molar-refractivity contribution in [2.75, 3.05) is 13.2 Å². The molecule has 74 valence electrons. The van der Waals surface area contributed by atoms with Crippen molar-refractivity contribution < 1.29 is 9.47 Å². The van der Waals surface area contributed by atoms with E-state index >= 15 is 0 Å². The van der Waals surface area contributed by atoms with E-state index < -0.39 is 0 Å². The monoisotopic (exact) mass is 184 g/mol. The third-order valence-electron chi connectivity index (χ3n) is 1.74. The average Bonchev–Trinajstić information content (AvgIpc) is 2.51. The van der Waals surface area contributed by atoms with Gasteiger partial charge in [0.1, 0.15) is 0 Å². The van der Waals surface area contributed by atoms with Gasteiger partial charge in [0, 0.05) is 26.5 Å². The summed E-state index contributed by atoms with van der Waals surface area (Å²) in [6, 6.07) is 1.90. The zero-order valence-corrected chi connectivity index (χ0v) is 8.36. The standard InChI is InChI=1S/C9H16N2O2/c1-4-12-9(13-5-2)8-6-7-10-11(8)3/h6-7,9H,4-5H2,1-3H3. The molecule has 0 atom stereocenters. The van der Waals surface area contributed by atoms with Crippen LogP contribution < -0.4 is 0 Å². The van der Waals surface area contributed by atoms with Crippen molar-refractivity contribution in [3.05, 3.63) is 18.0 Å². The minimum Gasteiger partial charge on any atom is -0.347 e. The maximum atomic E-state index is 5.42. The van der Waals surface area contributed by atoms with Crippen LogP contribution in [-0.4, -0.2) is 23.0 Å². The second kappa shape index (κ2) is 4.99. The van der Waals surface area contributed by atoms with Gasteiger partial charge in [-0.15, -0.1) is 0 Å². The SMILES string of the molecule is CCOC(OCC)c1ccnn1C. The van der Waals surface area contributed by atoms with Crippen molar-refractivity contribution in [1.82, 2.24) is 9.78 Å². The fraction of sp³-hybridized carbons (Fsp3) is 0.667. The molecule has 1 aromatic rings. The molecular weight excluding hydrogens is 168 g/mol. The van der Waals surface area contributed by atoms with Crippen molar-refractivity contribution in [3.63, 3.8) is 0 Å². The first-order valence-corrected chi connectivity index (χ1v) is 4.50. The summed E-state index contributed by atoms with van der Waals surface area (Å²) in [5, 5.41) is 4.06. The van der Waals surface area contributed by atoms with Gasteiger partial charge < -0.3 is 9.47 Å². The van der Waals surface area contributed by atoms with Gasteiger partial charge in [-0.25, -0.2) is 0 Å². The summed E-state index contributed by atoms with van der Waals surface area (Å²) < 4.78 is 12.6. The molecule has 0 fully saturated rings. The molecule has 0 spiro atoms. The smallest absolute Gasteiger partial charge is 0.200 e. The summed E-state index contributed by atoms with van der Waals surface area (Å²) in [6.45, 7) is 5.16. The minimum atomic E-state index is -0.289. The largest absolute Gasteiger partial charge is 0.347 e. The van der Waals surface area contributed by atoms with Crippen LogP contribution in [0.1, 0.15) is 25.8 Å². The highest BCUT2D eigenvalue weighted by Gasteiger charge is 2.14. The van der Waals surface area contributed by atoms with Crippen molar-refractivity contribution >= 4 is 0 Å². The molecule has 0 aliphatic heterocycles. The Labute approximate surface area is 78.5 Å². The van der Waals surface area contributed by atoms with E-state index in [1.165, 1.54) is 0 Å². The van der Waals surface area contributed by atoms with E-state index in [-0.39, 0.29) is 6.29 Å². The first kappa shape index (κ1) is 10.2. The molecule has 0 aromatic carbocycles. The Kier molecular flexibility index (Phi) is 3.92. The second-order valence-electron chi connectivity index (χ2n) is 2.62. The lowest BCUT2D eigenvalue weighted by Gasteiger charge is -2.16. The molecule has 0 radical (unpaired) electrons. The van der Waals surface area contributed by atoms with E-state index in [0.29, 0.717) is 13.2 Å². The molecule has 0 aliphatic carbocycles. The number of aromatic nitrogens is 2. The van der Waals surface area contributed by atoms with Gasteiger partial charge in [0.25, 0.3) is 0 Å². The topological polar surface area (TPSA) is 36.3 Å². The Bertz CT molecular complexity index is 242. The van der Waals surface area contributed by atoms with Crippen LogP contribution in [0.25, 0.3) is 0 Å². The molecule has 13 heavy (non-hydrogen) atoms. The van der Waals surface area contributed by atoms with Crippen LogP contribution in [0.3, 0.4) is 0 Å². The van der Waals surface area contributed by atoms with Crippen LogP contribution in [0.2, 0.25) is 0 Å². The van der Waals surface area contributed by atoms with Gasteiger partial charge in [-0.1, -0.05) is 0 Å². The Morgan fingerprint density at radius 1 is 1.38 bits per heavy atom. The van der Waals surface area contributed by atoms with Crippen LogP contribution in [-0.2, 0) is 16.5 Å². The van der Waals surface area contributed by atoms with Crippen molar-refractivity contribution in [1.29, 1.82) is 0 Å². The van der Waals surface area contributed by atoms with E-state index in [9.17, 15) is 0 Å². The fourth-order valence-corrected chi connectivity index (χ4v) is 1.14. The Morgan fingerprint density at radius 3 is 2.38 bits per heavy atom. The number of nitrogens with zero attached hydrogens (tertiary/aromatic N) is 2. The summed E-state index contributed by atoms with van der Waals surface area (Å²) in [5.74, 6) is 0. The number of aryl methyl sites for hydroxylation is 1. The zero-order valence-electron chi connectivity index (χ0n) is 8.36. The third kappa shape index (κ3) is 2.54. The predicted molar refractivity (Wildman–Crippen MR) is 49.2 cm³/mol. The highest BCUT2D eigenvalue weighted by Crippen LogP contribution is 2.17. The normalized spacial score (nSPS) is 11.1. The van der Waals surface area contributed by atoms with E-state index in [0.717, 1.165) is 5.69 Å². The summed E-state index contributed by atoms with van der Waals surface area (Å²) in [4.78, 5) is 0. The van der Waals surface area contributed by atoms with Crippen LogP contribution in [0, 0.1) is 0 Å². The molecule has 0 amide bonds. The van der Waals surface area contributed by atoms with Gasteiger partial charge in [-0.05, 0) is 19.9 Å². The first-order valence-electron chi connectivity index (χ1n) is 4.50. The van der Waals surface area contributed by atoms with Crippen LogP contribution in [0.15, 0.2) is 12.3 Å². The predicted octanol–water partition coefficient (Wildman–Crippen LogP) is 1.49. The van der Waals surface area contributed by atoms with E-state index in [1.54, 1.807) is 10.9 Å².